The molecule has 0 aliphatic rings. The number of carbonyl (C=O) groups is 3. The topological polar surface area (TPSA) is 78.9 Å². The number of ether oxygens (including phenoxy) is 3. The summed E-state index contributed by atoms with van der Waals surface area (Å²) in [4.78, 5) is 35.6. The highest BCUT2D eigenvalue weighted by Gasteiger charge is 2.34. The summed E-state index contributed by atoms with van der Waals surface area (Å²) in [5.41, 5.74) is -1.34. The van der Waals surface area contributed by atoms with Crippen LogP contribution in [0.5, 0.6) is 0 Å². The Balaban J connectivity index is 3.94. The molecule has 1 aromatic rings. The first-order chi connectivity index (χ1) is 9.81. The van der Waals surface area contributed by atoms with Crippen LogP contribution >= 0.6 is 34.8 Å². The largest absolute Gasteiger partial charge is 0.465 e. The average molecular weight is 356 g/mol. The van der Waals surface area contributed by atoms with Crippen LogP contribution in [0.3, 0.4) is 0 Å². The second-order valence-corrected chi connectivity index (χ2v) is 4.68. The van der Waals surface area contributed by atoms with Gasteiger partial charge in [0.05, 0.1) is 53.1 Å². The van der Waals surface area contributed by atoms with E-state index in [1.807, 2.05) is 0 Å². The average Bonchev–Trinajstić information content (AvgIpc) is 2.49. The maximum atomic E-state index is 11.9. The summed E-state index contributed by atoms with van der Waals surface area (Å²) < 4.78 is 13.6. The molecule has 0 amide bonds. The van der Waals surface area contributed by atoms with E-state index in [0.717, 1.165) is 21.3 Å². The smallest absolute Gasteiger partial charge is 0.340 e. The minimum atomic E-state index is -1.02. The molecule has 0 aliphatic heterocycles. The van der Waals surface area contributed by atoms with Crippen molar-refractivity contribution in [1.82, 2.24) is 0 Å². The van der Waals surface area contributed by atoms with Gasteiger partial charge in [0.25, 0.3) is 0 Å². The van der Waals surface area contributed by atoms with Crippen molar-refractivity contribution in [3.05, 3.63) is 31.8 Å². The van der Waals surface area contributed by atoms with Crippen LogP contribution in [0.2, 0.25) is 15.1 Å². The Kier molecular flexibility index (Phi) is 5.83. The predicted octanol–water partition coefficient (Wildman–Crippen LogP) is 3.01. The zero-order valence-corrected chi connectivity index (χ0v) is 13.4. The van der Waals surface area contributed by atoms with Crippen LogP contribution in [0, 0.1) is 0 Å². The Morgan fingerprint density at radius 2 is 0.905 bits per heavy atom. The number of hydrogen-bond donors (Lipinski definition) is 0. The highest BCUT2D eigenvalue weighted by molar-refractivity contribution is 6.51. The van der Waals surface area contributed by atoms with E-state index in [1.165, 1.54) is 0 Å². The van der Waals surface area contributed by atoms with Crippen molar-refractivity contribution in [2.45, 2.75) is 0 Å². The fourth-order valence-corrected chi connectivity index (χ4v) is 2.32. The first-order valence-electron chi connectivity index (χ1n) is 5.27. The lowest BCUT2D eigenvalue weighted by molar-refractivity contribution is 0.0536. The Bertz CT molecular complexity index is 583. The maximum Gasteiger partial charge on any atom is 0.340 e. The molecule has 0 spiro atoms. The molecule has 0 fully saturated rings. The molecule has 6 nitrogen and oxygen atoms in total. The van der Waals surface area contributed by atoms with E-state index in [4.69, 9.17) is 34.8 Å². The number of halogens is 3. The lowest BCUT2D eigenvalue weighted by Gasteiger charge is -2.15. The van der Waals surface area contributed by atoms with Crippen molar-refractivity contribution in [3.63, 3.8) is 0 Å². The van der Waals surface area contributed by atoms with Gasteiger partial charge in [-0.1, -0.05) is 34.8 Å². The van der Waals surface area contributed by atoms with E-state index in [1.54, 1.807) is 0 Å². The standard InChI is InChI=1S/C12H9Cl3O6/c1-19-10(16)4-5(11(17)20-2)7(13)9(15)8(14)6(4)12(18)21-3/h1-3H3. The molecule has 0 aromatic heterocycles. The predicted molar refractivity (Wildman–Crippen MR) is 75.5 cm³/mol. The van der Waals surface area contributed by atoms with Gasteiger partial charge in [-0.25, -0.2) is 14.4 Å². The monoisotopic (exact) mass is 354 g/mol. The van der Waals surface area contributed by atoms with Gasteiger partial charge in [-0.15, -0.1) is 0 Å². The molecule has 114 valence electrons. The van der Waals surface area contributed by atoms with Gasteiger partial charge in [0.15, 0.2) is 0 Å². The first kappa shape index (κ1) is 17.6. The third kappa shape index (κ3) is 3.07. The van der Waals surface area contributed by atoms with Crippen molar-refractivity contribution in [2.24, 2.45) is 0 Å². The van der Waals surface area contributed by atoms with Crippen LogP contribution in [0.1, 0.15) is 31.1 Å². The van der Waals surface area contributed by atoms with Gasteiger partial charge in [0, 0.05) is 0 Å². The second-order valence-electron chi connectivity index (χ2n) is 3.54. The number of methoxy groups -OCH3 is 3. The number of carbonyl (C=O) groups excluding carboxylic acids is 3. The van der Waals surface area contributed by atoms with Crippen molar-refractivity contribution in [2.75, 3.05) is 21.3 Å². The minimum Gasteiger partial charge on any atom is -0.465 e. The Hall–Kier alpha value is -1.50. The third-order valence-electron chi connectivity index (χ3n) is 2.49. The molecule has 0 heterocycles. The van der Waals surface area contributed by atoms with Crippen LogP contribution in [0.25, 0.3) is 0 Å². The van der Waals surface area contributed by atoms with Crippen molar-refractivity contribution < 1.29 is 28.6 Å². The summed E-state index contributed by atoms with van der Waals surface area (Å²) in [5.74, 6) is -2.98. The number of rotatable bonds is 3. The second kappa shape index (κ2) is 6.98. The minimum absolute atomic E-state index is 0.285. The van der Waals surface area contributed by atoms with E-state index in [2.05, 4.69) is 14.2 Å². The zero-order chi connectivity index (χ0) is 16.3. The molecule has 0 saturated carbocycles. The molecular weight excluding hydrogens is 346 g/mol. The van der Waals surface area contributed by atoms with Gasteiger partial charge in [-0.3, -0.25) is 0 Å². The van der Waals surface area contributed by atoms with E-state index < -0.39 is 34.6 Å². The zero-order valence-electron chi connectivity index (χ0n) is 11.1. The van der Waals surface area contributed by atoms with E-state index in [-0.39, 0.29) is 15.1 Å². The van der Waals surface area contributed by atoms with Crippen molar-refractivity contribution in [3.8, 4) is 0 Å². The Morgan fingerprint density at radius 3 is 1.19 bits per heavy atom. The van der Waals surface area contributed by atoms with Crippen LogP contribution < -0.4 is 0 Å². The van der Waals surface area contributed by atoms with Crippen LogP contribution in [-0.4, -0.2) is 39.2 Å². The van der Waals surface area contributed by atoms with Crippen LogP contribution in [-0.2, 0) is 14.2 Å². The molecule has 0 bridgehead atoms. The molecule has 0 saturated heterocycles. The summed E-state index contributed by atoms with van der Waals surface area (Å²) in [6.07, 6.45) is 0. The summed E-state index contributed by atoms with van der Waals surface area (Å²) in [7, 11) is 3.20. The molecule has 1 rings (SSSR count). The number of hydrogen-bond acceptors (Lipinski definition) is 6. The lowest BCUT2D eigenvalue weighted by atomic mass is 10.0. The molecule has 0 radical (unpaired) electrons. The number of esters is 3. The van der Waals surface area contributed by atoms with Gasteiger partial charge in [0.2, 0.25) is 0 Å². The highest BCUT2D eigenvalue weighted by Crippen LogP contribution is 2.39. The normalized spacial score (nSPS) is 10.0. The summed E-state index contributed by atoms with van der Waals surface area (Å²) in [6, 6.07) is 0. The third-order valence-corrected chi connectivity index (χ3v) is 3.82. The first-order valence-corrected chi connectivity index (χ1v) is 6.40. The molecule has 0 aliphatic carbocycles. The SMILES string of the molecule is COC(=O)c1c(Cl)c(Cl)c(Cl)c(C(=O)OC)c1C(=O)OC. The van der Waals surface area contributed by atoms with Gasteiger partial charge in [-0.05, 0) is 0 Å². The highest BCUT2D eigenvalue weighted by atomic mass is 35.5. The van der Waals surface area contributed by atoms with Gasteiger partial charge in [-0.2, -0.15) is 0 Å². The maximum absolute atomic E-state index is 11.9. The molecule has 0 N–H and O–H groups in total. The molecular formula is C12H9Cl3O6. The molecule has 9 heteroatoms. The summed E-state index contributed by atoms with van der Waals surface area (Å²) in [5, 5.41) is -0.949. The van der Waals surface area contributed by atoms with Crippen molar-refractivity contribution in [1.29, 1.82) is 0 Å². The number of benzene rings is 1. The summed E-state index contributed by atoms with van der Waals surface area (Å²) in [6.45, 7) is 0. The van der Waals surface area contributed by atoms with Crippen LogP contribution in [0.4, 0.5) is 0 Å². The van der Waals surface area contributed by atoms with Gasteiger partial charge in [0.1, 0.15) is 0 Å². The fraction of sp³-hybridized carbons (Fsp3) is 0.250. The van der Waals surface area contributed by atoms with Gasteiger partial charge >= 0.3 is 17.9 Å². The molecule has 0 atom stereocenters. The molecule has 0 unspecified atom stereocenters. The molecule has 1 aromatic carbocycles. The Morgan fingerprint density at radius 1 is 0.619 bits per heavy atom. The van der Waals surface area contributed by atoms with E-state index >= 15 is 0 Å². The fourth-order valence-electron chi connectivity index (χ4n) is 1.55. The lowest BCUT2D eigenvalue weighted by Crippen LogP contribution is -2.19. The van der Waals surface area contributed by atoms with E-state index in [0.29, 0.717) is 0 Å². The summed E-state index contributed by atoms with van der Waals surface area (Å²) >= 11 is 17.7. The van der Waals surface area contributed by atoms with Crippen molar-refractivity contribution >= 4 is 52.7 Å². The van der Waals surface area contributed by atoms with Crippen LogP contribution in [0.15, 0.2) is 0 Å². The molecule has 21 heavy (non-hydrogen) atoms. The Labute approximate surface area is 134 Å². The van der Waals surface area contributed by atoms with Gasteiger partial charge < -0.3 is 14.2 Å². The quantitative estimate of drug-likeness (QED) is 0.471. The van der Waals surface area contributed by atoms with E-state index in [9.17, 15) is 14.4 Å².